The van der Waals surface area contributed by atoms with Gasteiger partial charge in [-0.2, -0.15) is 0 Å². The van der Waals surface area contributed by atoms with Crippen molar-refractivity contribution in [3.05, 3.63) is 42.0 Å². The van der Waals surface area contributed by atoms with Crippen molar-refractivity contribution in [1.82, 2.24) is 29.7 Å². The van der Waals surface area contributed by atoms with Gasteiger partial charge in [-0.15, -0.1) is 0 Å². The quantitative estimate of drug-likeness (QED) is 0.642. The van der Waals surface area contributed by atoms with Gasteiger partial charge in [0.1, 0.15) is 12.5 Å². The Bertz CT molecular complexity index is 1280. The summed E-state index contributed by atoms with van der Waals surface area (Å²) in [5, 5.41) is 3.34. The number of likely N-dealkylation sites (tertiary alicyclic amines) is 1. The highest BCUT2D eigenvalue weighted by Crippen LogP contribution is 2.50. The van der Waals surface area contributed by atoms with E-state index in [1.54, 1.807) is 16.5 Å². The van der Waals surface area contributed by atoms with Crippen LogP contribution in [0.1, 0.15) is 35.4 Å². The van der Waals surface area contributed by atoms with Crippen molar-refractivity contribution < 1.29 is 14.0 Å². The van der Waals surface area contributed by atoms with E-state index in [-0.39, 0.29) is 24.2 Å². The van der Waals surface area contributed by atoms with E-state index in [0.717, 1.165) is 24.3 Å². The van der Waals surface area contributed by atoms with Crippen LogP contribution in [0.4, 0.5) is 15.9 Å². The molecule has 6 rings (SSSR count). The highest BCUT2D eigenvalue weighted by atomic mass is 19.1. The molecule has 3 aliphatic rings. The third kappa shape index (κ3) is 2.83. The molecule has 3 aliphatic heterocycles. The van der Waals surface area contributed by atoms with Crippen molar-refractivity contribution in [2.75, 3.05) is 31.1 Å². The molecule has 3 aromatic rings. The normalized spacial score (nSPS) is 21.9. The third-order valence-electron chi connectivity index (χ3n) is 7.19. The lowest BCUT2D eigenvalue weighted by atomic mass is 9.74. The molecule has 0 saturated carbocycles. The van der Waals surface area contributed by atoms with Crippen LogP contribution in [0, 0.1) is 0 Å². The average molecular weight is 449 g/mol. The number of rotatable bonds is 2. The van der Waals surface area contributed by atoms with E-state index in [0.29, 0.717) is 42.8 Å². The van der Waals surface area contributed by atoms with Gasteiger partial charge in [0.05, 0.1) is 17.6 Å². The second kappa shape index (κ2) is 7.31. The summed E-state index contributed by atoms with van der Waals surface area (Å²) in [7, 11) is 1.70. The van der Waals surface area contributed by atoms with Crippen LogP contribution in [0.25, 0.3) is 11.2 Å². The van der Waals surface area contributed by atoms with Crippen molar-refractivity contribution >= 4 is 34.5 Å². The number of aromatic nitrogens is 4. The maximum Gasteiger partial charge on any atom is 0.290 e. The molecule has 2 saturated heterocycles. The lowest BCUT2D eigenvalue weighted by Crippen LogP contribution is -2.46. The van der Waals surface area contributed by atoms with E-state index in [1.807, 2.05) is 24.3 Å². The zero-order valence-corrected chi connectivity index (χ0v) is 18.3. The summed E-state index contributed by atoms with van der Waals surface area (Å²) in [5.74, 6) is 0.165. The third-order valence-corrected chi connectivity index (χ3v) is 7.19. The van der Waals surface area contributed by atoms with Crippen LogP contribution in [0.15, 0.2) is 30.6 Å². The zero-order valence-electron chi connectivity index (χ0n) is 18.3. The van der Waals surface area contributed by atoms with Crippen molar-refractivity contribution in [3.63, 3.8) is 0 Å². The minimum Gasteiger partial charge on any atom is -0.333 e. The SMILES string of the molecule is Cn1c(C(=O)N2CC[C@H](F)C2)nc2c(N3C(=O)C4(CCNCC4)c4ccccc43)ncnc21. The Balaban J connectivity index is 1.48. The molecule has 5 heterocycles. The minimum atomic E-state index is -1.01. The number of halogens is 1. The molecule has 2 amide bonds. The number of anilines is 2. The number of piperidine rings is 1. The number of para-hydroxylation sites is 1. The summed E-state index contributed by atoms with van der Waals surface area (Å²) in [6.45, 7) is 1.95. The summed E-state index contributed by atoms with van der Waals surface area (Å²) in [6.07, 6.45) is 2.12. The van der Waals surface area contributed by atoms with E-state index in [1.165, 1.54) is 11.2 Å². The molecule has 0 bridgehead atoms. The molecule has 1 N–H and O–H groups in total. The van der Waals surface area contributed by atoms with Gasteiger partial charge in [-0.3, -0.25) is 14.5 Å². The van der Waals surface area contributed by atoms with Crippen LogP contribution in [-0.2, 0) is 17.3 Å². The molecule has 1 atom stereocenters. The summed E-state index contributed by atoms with van der Waals surface area (Å²) in [4.78, 5) is 43.5. The van der Waals surface area contributed by atoms with Gasteiger partial charge in [0.2, 0.25) is 11.7 Å². The van der Waals surface area contributed by atoms with Gasteiger partial charge in [0, 0.05) is 13.6 Å². The van der Waals surface area contributed by atoms with Gasteiger partial charge in [-0.1, -0.05) is 18.2 Å². The van der Waals surface area contributed by atoms with Crippen molar-refractivity contribution in [2.45, 2.75) is 30.8 Å². The number of carbonyl (C=O) groups excluding carboxylic acids is 2. The highest BCUT2D eigenvalue weighted by Gasteiger charge is 2.52. The fraction of sp³-hybridized carbons (Fsp3) is 0.435. The van der Waals surface area contributed by atoms with Crippen LogP contribution >= 0.6 is 0 Å². The Morgan fingerprint density at radius 2 is 2.00 bits per heavy atom. The Hall–Kier alpha value is -3.40. The smallest absolute Gasteiger partial charge is 0.290 e. The van der Waals surface area contributed by atoms with Crippen LogP contribution in [0.2, 0.25) is 0 Å². The number of alkyl halides is 1. The Morgan fingerprint density at radius 1 is 1.21 bits per heavy atom. The van der Waals surface area contributed by atoms with Gasteiger partial charge >= 0.3 is 0 Å². The van der Waals surface area contributed by atoms with E-state index < -0.39 is 11.6 Å². The van der Waals surface area contributed by atoms with Crippen molar-refractivity contribution in [3.8, 4) is 0 Å². The van der Waals surface area contributed by atoms with Crippen molar-refractivity contribution in [1.29, 1.82) is 0 Å². The second-order valence-electron chi connectivity index (χ2n) is 8.99. The number of carbonyl (C=O) groups is 2. The Kier molecular flexibility index (Phi) is 4.48. The maximum atomic E-state index is 13.9. The van der Waals surface area contributed by atoms with Crippen LogP contribution < -0.4 is 10.2 Å². The molecule has 170 valence electrons. The molecule has 2 fully saturated rings. The fourth-order valence-electron chi connectivity index (χ4n) is 5.44. The first-order valence-corrected chi connectivity index (χ1v) is 11.3. The van der Waals surface area contributed by atoms with Gasteiger partial charge in [-0.05, 0) is 44.0 Å². The number of fused-ring (bicyclic) bond motifs is 3. The monoisotopic (exact) mass is 449 g/mol. The largest absolute Gasteiger partial charge is 0.333 e. The van der Waals surface area contributed by atoms with Gasteiger partial charge in [0.25, 0.3) is 5.91 Å². The van der Waals surface area contributed by atoms with Crippen LogP contribution in [-0.4, -0.2) is 68.6 Å². The number of nitrogens with one attached hydrogen (secondary N) is 1. The fourth-order valence-corrected chi connectivity index (χ4v) is 5.44. The predicted octanol–water partition coefficient (Wildman–Crippen LogP) is 1.85. The first-order valence-electron chi connectivity index (χ1n) is 11.3. The molecule has 0 unspecified atom stereocenters. The topological polar surface area (TPSA) is 96.2 Å². The first kappa shape index (κ1) is 20.2. The number of hydrogen-bond donors (Lipinski definition) is 1. The molecule has 1 spiro atoms. The molecule has 10 heteroatoms. The standard InChI is InChI=1S/C23H24FN7O2/c1-29-18-17(28-20(29)21(32)30-11-6-14(24)12-30)19(27-13-26-18)31-16-5-3-2-4-15(16)23(22(31)33)7-9-25-10-8-23/h2-5,13-14,25H,6-12H2,1H3/t14-/m0/s1. The molecule has 1 aromatic carbocycles. The average Bonchev–Trinajstić information content (AvgIpc) is 3.49. The number of benzene rings is 1. The summed E-state index contributed by atoms with van der Waals surface area (Å²) < 4.78 is 15.3. The van der Waals surface area contributed by atoms with Gasteiger partial charge in [-0.25, -0.2) is 19.3 Å². The summed E-state index contributed by atoms with van der Waals surface area (Å²) in [6, 6.07) is 7.82. The summed E-state index contributed by atoms with van der Waals surface area (Å²) in [5.41, 5.74) is 2.03. The zero-order chi connectivity index (χ0) is 22.7. The second-order valence-corrected chi connectivity index (χ2v) is 8.99. The van der Waals surface area contributed by atoms with Crippen LogP contribution in [0.5, 0.6) is 0 Å². The first-order chi connectivity index (χ1) is 16.0. The van der Waals surface area contributed by atoms with Crippen molar-refractivity contribution in [2.24, 2.45) is 7.05 Å². The van der Waals surface area contributed by atoms with Gasteiger partial charge in [0.15, 0.2) is 17.0 Å². The lowest BCUT2D eigenvalue weighted by Gasteiger charge is -2.32. The summed E-state index contributed by atoms with van der Waals surface area (Å²) >= 11 is 0. The molecule has 0 aliphatic carbocycles. The number of aryl methyl sites for hydroxylation is 1. The number of amides is 2. The highest BCUT2D eigenvalue weighted by molar-refractivity contribution is 6.15. The molecule has 33 heavy (non-hydrogen) atoms. The maximum absolute atomic E-state index is 13.9. The molecule has 0 radical (unpaired) electrons. The van der Waals surface area contributed by atoms with E-state index in [4.69, 9.17) is 0 Å². The molecular weight excluding hydrogens is 425 g/mol. The Labute approximate surface area is 189 Å². The lowest BCUT2D eigenvalue weighted by molar-refractivity contribution is -0.123. The minimum absolute atomic E-state index is 0.0245. The van der Waals surface area contributed by atoms with Gasteiger partial charge < -0.3 is 14.8 Å². The predicted molar refractivity (Wildman–Crippen MR) is 119 cm³/mol. The van der Waals surface area contributed by atoms with Crippen LogP contribution in [0.3, 0.4) is 0 Å². The van der Waals surface area contributed by atoms with E-state index in [9.17, 15) is 14.0 Å². The number of nitrogens with zero attached hydrogens (tertiary/aromatic N) is 6. The number of hydrogen-bond acceptors (Lipinski definition) is 6. The molecule has 9 nitrogen and oxygen atoms in total. The van der Waals surface area contributed by atoms with E-state index in [2.05, 4.69) is 20.3 Å². The number of imidazole rings is 1. The van der Waals surface area contributed by atoms with E-state index >= 15 is 0 Å². The molecule has 2 aromatic heterocycles. The Morgan fingerprint density at radius 3 is 2.76 bits per heavy atom. The molecular formula is C23H24FN7O2.